The van der Waals surface area contributed by atoms with Gasteiger partial charge in [-0.05, 0) is 55.7 Å². The molecule has 0 aliphatic carbocycles. The third kappa shape index (κ3) is 3.67. The number of benzene rings is 2. The van der Waals surface area contributed by atoms with Crippen molar-refractivity contribution in [3.8, 4) is 5.75 Å². The number of carbonyl (C=O) groups is 1. The van der Waals surface area contributed by atoms with Gasteiger partial charge in [0.2, 0.25) is 10.0 Å². The second-order valence-electron chi connectivity index (χ2n) is 6.68. The van der Waals surface area contributed by atoms with E-state index in [0.717, 1.165) is 22.9 Å². The van der Waals surface area contributed by atoms with E-state index in [-0.39, 0.29) is 12.5 Å². The van der Waals surface area contributed by atoms with Gasteiger partial charge in [0, 0.05) is 5.69 Å². The summed E-state index contributed by atoms with van der Waals surface area (Å²) in [5.41, 5.74) is 4.02. The number of sulfonamides is 1. The van der Waals surface area contributed by atoms with E-state index in [1.54, 1.807) is 12.1 Å². The van der Waals surface area contributed by atoms with Gasteiger partial charge >= 0.3 is 0 Å². The molecule has 0 bridgehead atoms. The van der Waals surface area contributed by atoms with Crippen LogP contribution >= 0.6 is 0 Å². The van der Waals surface area contributed by atoms with E-state index in [0.29, 0.717) is 17.1 Å². The summed E-state index contributed by atoms with van der Waals surface area (Å²) in [6.07, 6.45) is 0.198. The molecule has 26 heavy (non-hydrogen) atoms. The first-order valence-electron chi connectivity index (χ1n) is 8.28. The van der Waals surface area contributed by atoms with Crippen LogP contribution in [0.2, 0.25) is 0 Å². The van der Waals surface area contributed by atoms with Crippen LogP contribution in [0.25, 0.3) is 0 Å². The molecule has 3 rings (SSSR count). The summed E-state index contributed by atoms with van der Waals surface area (Å²) in [5.74, 6) is 0.00645. The van der Waals surface area contributed by atoms with Crippen molar-refractivity contribution in [3.05, 3.63) is 53.1 Å². The number of aryl methyl sites for hydroxylation is 3. The number of anilines is 2. The first-order chi connectivity index (χ1) is 12.1. The predicted octanol–water partition coefficient (Wildman–Crippen LogP) is 2.78. The van der Waals surface area contributed by atoms with Gasteiger partial charge in [0.15, 0.2) is 6.10 Å². The van der Waals surface area contributed by atoms with Gasteiger partial charge in [0.1, 0.15) is 5.75 Å². The summed E-state index contributed by atoms with van der Waals surface area (Å²) >= 11 is 0. The van der Waals surface area contributed by atoms with Crippen molar-refractivity contribution in [2.45, 2.75) is 26.9 Å². The van der Waals surface area contributed by atoms with E-state index in [1.165, 1.54) is 4.31 Å². The van der Waals surface area contributed by atoms with Crippen LogP contribution in [0, 0.1) is 20.8 Å². The Morgan fingerprint density at radius 3 is 2.46 bits per heavy atom. The molecular formula is C19H22N2O4S. The van der Waals surface area contributed by atoms with Gasteiger partial charge in [0.05, 0.1) is 18.5 Å². The Labute approximate surface area is 153 Å². The molecule has 1 atom stereocenters. The topological polar surface area (TPSA) is 75.7 Å². The number of hydrogen-bond acceptors (Lipinski definition) is 4. The lowest BCUT2D eigenvalue weighted by molar-refractivity contribution is -0.122. The Morgan fingerprint density at radius 2 is 1.77 bits per heavy atom. The molecule has 7 heteroatoms. The summed E-state index contributed by atoms with van der Waals surface area (Å²) in [6, 6.07) is 11.0. The van der Waals surface area contributed by atoms with E-state index in [9.17, 15) is 13.2 Å². The molecule has 1 N–H and O–H groups in total. The van der Waals surface area contributed by atoms with Crippen molar-refractivity contribution in [3.63, 3.8) is 0 Å². The maximum absolute atomic E-state index is 12.7. The molecule has 0 saturated heterocycles. The molecule has 1 amide bonds. The first-order valence-corrected chi connectivity index (χ1v) is 10.1. The van der Waals surface area contributed by atoms with Gasteiger partial charge in [-0.1, -0.05) is 18.2 Å². The highest BCUT2D eigenvalue weighted by Gasteiger charge is 2.35. The molecule has 2 aromatic carbocycles. The number of hydrogen-bond donors (Lipinski definition) is 1. The number of amides is 1. The van der Waals surface area contributed by atoms with Crippen LogP contribution in [-0.4, -0.2) is 33.2 Å². The number of nitrogens with one attached hydrogen (secondary N) is 1. The van der Waals surface area contributed by atoms with Gasteiger partial charge in [-0.15, -0.1) is 0 Å². The van der Waals surface area contributed by atoms with Crippen molar-refractivity contribution < 1.29 is 17.9 Å². The molecule has 0 radical (unpaired) electrons. The fraction of sp³-hybridized carbons (Fsp3) is 0.316. The molecule has 1 aliphatic rings. The Hall–Kier alpha value is -2.54. The van der Waals surface area contributed by atoms with E-state index < -0.39 is 16.1 Å². The first kappa shape index (κ1) is 18.3. The summed E-state index contributed by atoms with van der Waals surface area (Å²) in [6.45, 7) is 5.65. The lowest BCUT2D eigenvalue weighted by atomic mass is 10.1. The average molecular weight is 374 g/mol. The van der Waals surface area contributed by atoms with Crippen molar-refractivity contribution in [2.75, 3.05) is 22.4 Å². The minimum absolute atomic E-state index is 0.0635. The van der Waals surface area contributed by atoms with Crippen LogP contribution in [-0.2, 0) is 14.8 Å². The highest BCUT2D eigenvalue weighted by atomic mass is 32.2. The highest BCUT2D eigenvalue weighted by molar-refractivity contribution is 7.92. The Morgan fingerprint density at radius 1 is 1.12 bits per heavy atom. The molecule has 2 aromatic rings. The number of carbonyl (C=O) groups excluding carboxylic acids is 1. The Kier molecular flexibility index (Phi) is 4.66. The smallest absolute Gasteiger partial charge is 0.267 e. The standard InChI is InChI=1S/C19H22N2O4S/c1-12-5-7-14(3)15(9-12)20-19(22)18-11-21(26(4,23)24)16-10-13(2)6-8-17(16)25-18/h5-10,18H,11H2,1-4H3,(H,20,22). The second-order valence-corrected chi connectivity index (χ2v) is 8.59. The lowest BCUT2D eigenvalue weighted by Crippen LogP contribution is -2.48. The summed E-state index contributed by atoms with van der Waals surface area (Å²) < 4.78 is 31.5. The van der Waals surface area contributed by atoms with Gasteiger partial charge in [-0.2, -0.15) is 0 Å². The molecule has 0 spiro atoms. The van der Waals surface area contributed by atoms with Gasteiger partial charge in [-0.3, -0.25) is 9.10 Å². The molecule has 0 fully saturated rings. The van der Waals surface area contributed by atoms with Crippen LogP contribution in [0.5, 0.6) is 5.75 Å². The third-order valence-corrected chi connectivity index (χ3v) is 5.47. The van der Waals surface area contributed by atoms with Gasteiger partial charge in [0.25, 0.3) is 5.91 Å². The number of fused-ring (bicyclic) bond motifs is 1. The fourth-order valence-electron chi connectivity index (χ4n) is 2.90. The van der Waals surface area contributed by atoms with Crippen LogP contribution in [0.4, 0.5) is 11.4 Å². The Bertz CT molecular complexity index is 969. The predicted molar refractivity (Wildman–Crippen MR) is 102 cm³/mol. The summed E-state index contributed by atoms with van der Waals surface area (Å²) in [4.78, 5) is 12.7. The molecule has 1 unspecified atom stereocenters. The molecule has 1 heterocycles. The van der Waals surface area contributed by atoms with E-state index in [2.05, 4.69) is 5.32 Å². The van der Waals surface area contributed by atoms with Crippen molar-refractivity contribution in [1.29, 1.82) is 0 Å². The van der Waals surface area contributed by atoms with Crippen LogP contribution in [0.15, 0.2) is 36.4 Å². The quantitative estimate of drug-likeness (QED) is 0.896. The number of ether oxygens (including phenoxy) is 1. The number of nitrogens with zero attached hydrogens (tertiary/aromatic N) is 1. The maximum atomic E-state index is 12.7. The SMILES string of the molecule is Cc1ccc(C)c(NC(=O)C2CN(S(C)(=O)=O)c3cc(C)ccc3O2)c1. The zero-order valence-corrected chi connectivity index (χ0v) is 16.1. The minimum Gasteiger partial charge on any atom is -0.476 e. The van der Waals surface area contributed by atoms with E-state index in [1.807, 2.05) is 45.0 Å². The molecule has 138 valence electrons. The van der Waals surface area contributed by atoms with Crippen molar-refractivity contribution in [1.82, 2.24) is 0 Å². The maximum Gasteiger partial charge on any atom is 0.267 e. The zero-order chi connectivity index (χ0) is 19.1. The van der Waals surface area contributed by atoms with Gasteiger partial charge in [-0.25, -0.2) is 8.42 Å². The van der Waals surface area contributed by atoms with Crippen LogP contribution in [0.3, 0.4) is 0 Å². The lowest BCUT2D eigenvalue weighted by Gasteiger charge is -2.34. The van der Waals surface area contributed by atoms with Crippen LogP contribution < -0.4 is 14.4 Å². The molecule has 0 saturated carbocycles. The molecule has 6 nitrogen and oxygen atoms in total. The van der Waals surface area contributed by atoms with Gasteiger partial charge < -0.3 is 10.1 Å². The van der Waals surface area contributed by atoms with Crippen molar-refractivity contribution in [2.24, 2.45) is 0 Å². The summed E-state index contributed by atoms with van der Waals surface area (Å²) in [5, 5.41) is 2.85. The second kappa shape index (κ2) is 6.64. The van der Waals surface area contributed by atoms with E-state index >= 15 is 0 Å². The minimum atomic E-state index is -3.54. The average Bonchev–Trinajstić information content (AvgIpc) is 2.56. The zero-order valence-electron chi connectivity index (χ0n) is 15.2. The van der Waals surface area contributed by atoms with Crippen molar-refractivity contribution >= 4 is 27.3 Å². The third-order valence-electron chi connectivity index (χ3n) is 4.33. The Balaban J connectivity index is 1.91. The largest absolute Gasteiger partial charge is 0.476 e. The monoisotopic (exact) mass is 374 g/mol. The summed E-state index contributed by atoms with van der Waals surface area (Å²) in [7, 11) is -3.54. The normalized spacial score (nSPS) is 16.6. The number of rotatable bonds is 3. The highest BCUT2D eigenvalue weighted by Crippen LogP contribution is 2.36. The molecule has 1 aliphatic heterocycles. The molecular weight excluding hydrogens is 352 g/mol. The molecule has 0 aromatic heterocycles. The fourth-order valence-corrected chi connectivity index (χ4v) is 3.80. The van der Waals surface area contributed by atoms with E-state index in [4.69, 9.17) is 4.74 Å². The van der Waals surface area contributed by atoms with Crippen LogP contribution in [0.1, 0.15) is 16.7 Å².